The highest BCUT2D eigenvalue weighted by atomic mass is 16.7. The molecule has 0 bridgehead atoms. The summed E-state index contributed by atoms with van der Waals surface area (Å²) in [6, 6.07) is -0.803. The molecule has 1 aliphatic rings. The fraction of sp³-hybridized carbons (Fsp3) is 0.925. The van der Waals surface area contributed by atoms with Crippen LogP contribution < -0.4 is 5.32 Å². The highest BCUT2D eigenvalue weighted by molar-refractivity contribution is 5.76. The first-order valence-electron chi connectivity index (χ1n) is 33.6. The molecule has 1 rings (SSSR count). The molecule has 0 aromatic heterocycles. The van der Waals surface area contributed by atoms with Crippen LogP contribution in [0.2, 0.25) is 0 Å². The molecule has 450 valence electrons. The van der Waals surface area contributed by atoms with Crippen LogP contribution in [0.3, 0.4) is 0 Å². The highest BCUT2D eigenvalue weighted by Gasteiger charge is 2.44. The van der Waals surface area contributed by atoms with Crippen molar-refractivity contribution < 1.29 is 39.8 Å². The van der Waals surface area contributed by atoms with E-state index in [1.165, 1.54) is 283 Å². The second kappa shape index (κ2) is 56.9. The number of unbranched alkanes of at least 4 members (excludes halogenated alkanes) is 47. The van der Waals surface area contributed by atoms with Gasteiger partial charge in [-0.3, -0.25) is 4.79 Å². The van der Waals surface area contributed by atoms with E-state index >= 15 is 0 Å². The van der Waals surface area contributed by atoms with Gasteiger partial charge in [0.25, 0.3) is 0 Å². The van der Waals surface area contributed by atoms with E-state index in [1.54, 1.807) is 6.08 Å². The van der Waals surface area contributed by atoms with Gasteiger partial charge in [-0.2, -0.15) is 0 Å². The number of carbonyl (C=O) groups is 1. The zero-order chi connectivity index (χ0) is 55.0. The van der Waals surface area contributed by atoms with Crippen molar-refractivity contribution in [3.63, 3.8) is 0 Å². The first-order valence-corrected chi connectivity index (χ1v) is 33.6. The molecule has 0 radical (unpaired) electrons. The maximum absolute atomic E-state index is 13.1. The van der Waals surface area contributed by atoms with Crippen LogP contribution >= 0.6 is 0 Å². The number of aliphatic hydroxyl groups excluding tert-OH is 5. The number of ether oxygens (including phenoxy) is 2. The Hall–Kier alpha value is -1.33. The molecule has 6 N–H and O–H groups in total. The fourth-order valence-electron chi connectivity index (χ4n) is 11.0. The van der Waals surface area contributed by atoms with Crippen LogP contribution in [0, 0.1) is 0 Å². The van der Waals surface area contributed by atoms with Gasteiger partial charge in [0.15, 0.2) is 6.29 Å². The van der Waals surface area contributed by atoms with Crippen molar-refractivity contribution >= 4 is 5.91 Å². The van der Waals surface area contributed by atoms with Gasteiger partial charge in [0, 0.05) is 6.42 Å². The Morgan fingerprint density at radius 3 is 1.07 bits per heavy atom. The number of amides is 1. The molecule has 0 aliphatic carbocycles. The van der Waals surface area contributed by atoms with Gasteiger partial charge in [0.05, 0.1) is 25.4 Å². The van der Waals surface area contributed by atoms with Gasteiger partial charge < -0.3 is 40.3 Å². The zero-order valence-corrected chi connectivity index (χ0v) is 50.3. The lowest BCUT2D eigenvalue weighted by atomic mass is 9.99. The molecule has 7 atom stereocenters. The van der Waals surface area contributed by atoms with Crippen LogP contribution in [0.15, 0.2) is 24.3 Å². The molecule has 7 unspecified atom stereocenters. The van der Waals surface area contributed by atoms with Crippen LogP contribution in [0.4, 0.5) is 0 Å². The minimum absolute atomic E-state index is 0.169. The fourth-order valence-corrected chi connectivity index (χ4v) is 11.0. The first-order chi connectivity index (χ1) is 37.3. The van der Waals surface area contributed by atoms with Crippen molar-refractivity contribution in [2.75, 3.05) is 13.2 Å². The minimum Gasteiger partial charge on any atom is -0.394 e. The molecule has 9 nitrogen and oxygen atoms in total. The van der Waals surface area contributed by atoms with E-state index < -0.39 is 49.5 Å². The van der Waals surface area contributed by atoms with Gasteiger partial charge in [0.1, 0.15) is 24.4 Å². The lowest BCUT2D eigenvalue weighted by Crippen LogP contribution is -2.60. The summed E-state index contributed by atoms with van der Waals surface area (Å²) in [6.07, 6.45) is 67.1. The molecule has 1 amide bonds. The Morgan fingerprint density at radius 1 is 0.434 bits per heavy atom. The van der Waals surface area contributed by atoms with E-state index in [9.17, 15) is 30.3 Å². The Labute approximate surface area is 470 Å². The van der Waals surface area contributed by atoms with E-state index in [2.05, 4.69) is 31.3 Å². The molecule has 1 fully saturated rings. The number of rotatable bonds is 59. The largest absolute Gasteiger partial charge is 0.394 e. The second-order valence-corrected chi connectivity index (χ2v) is 23.6. The minimum atomic E-state index is -1.56. The highest BCUT2D eigenvalue weighted by Crippen LogP contribution is 2.23. The number of allylic oxidation sites excluding steroid dienone is 3. The molecule has 1 aliphatic heterocycles. The van der Waals surface area contributed by atoms with Gasteiger partial charge in [-0.1, -0.05) is 314 Å². The van der Waals surface area contributed by atoms with Gasteiger partial charge in [-0.05, 0) is 44.9 Å². The normalized spacial score (nSPS) is 18.9. The van der Waals surface area contributed by atoms with E-state index in [1.807, 2.05) is 6.08 Å². The molecule has 0 aromatic carbocycles. The number of hydrogen-bond acceptors (Lipinski definition) is 8. The standard InChI is InChI=1S/C67H129NO8/c1-3-5-7-9-11-13-15-17-19-21-23-25-26-27-28-29-30-31-32-33-34-35-36-37-39-41-43-45-47-49-51-53-55-57-63(71)68-60(59-75-67-66(74)65(73)64(72)62(58-69)76-67)61(70)56-54-52-50-48-46-44-42-40-38-24-22-20-18-16-14-12-10-8-6-4-2/h21,23,54,56,60-62,64-67,69-70,72-74H,3-20,22,24-53,55,57-59H2,1-2H3,(H,68,71)/b23-21-,56-54+. The maximum Gasteiger partial charge on any atom is 0.220 e. The monoisotopic (exact) mass is 1080 g/mol. The summed E-state index contributed by atoms with van der Waals surface area (Å²) in [6.45, 7) is 3.83. The topological polar surface area (TPSA) is 149 Å². The SMILES string of the molecule is CCCCCCCCCC/C=C\CCCCCCCCCCCCCCCCCCCCCCCC(=O)NC(COC1OC(CO)C(O)C(O)C1O)C(O)/C=C/CCCCCCCCCCCCCCCCCCCC. The smallest absolute Gasteiger partial charge is 0.220 e. The van der Waals surface area contributed by atoms with E-state index in [-0.39, 0.29) is 12.5 Å². The molecule has 1 saturated heterocycles. The molecule has 1 heterocycles. The Morgan fingerprint density at radius 2 is 0.737 bits per heavy atom. The Kier molecular flexibility index (Phi) is 54.4. The van der Waals surface area contributed by atoms with E-state index in [4.69, 9.17) is 9.47 Å². The predicted molar refractivity (Wildman–Crippen MR) is 323 cm³/mol. The van der Waals surface area contributed by atoms with Crippen molar-refractivity contribution in [2.24, 2.45) is 0 Å². The lowest BCUT2D eigenvalue weighted by Gasteiger charge is -2.40. The number of carbonyl (C=O) groups excluding carboxylic acids is 1. The molecule has 0 spiro atoms. The maximum atomic E-state index is 13.1. The summed E-state index contributed by atoms with van der Waals surface area (Å²) in [5, 5.41) is 54.7. The average molecular weight is 1080 g/mol. The summed E-state index contributed by atoms with van der Waals surface area (Å²) < 4.78 is 11.3. The van der Waals surface area contributed by atoms with Crippen molar-refractivity contribution in [1.82, 2.24) is 5.32 Å². The van der Waals surface area contributed by atoms with Gasteiger partial charge in [-0.15, -0.1) is 0 Å². The third-order valence-corrected chi connectivity index (χ3v) is 16.3. The van der Waals surface area contributed by atoms with E-state index in [0.29, 0.717) is 6.42 Å². The number of nitrogens with one attached hydrogen (secondary N) is 1. The van der Waals surface area contributed by atoms with Crippen molar-refractivity contribution in [3.8, 4) is 0 Å². The molecule has 0 saturated carbocycles. The summed E-state index contributed by atoms with van der Waals surface area (Å²) in [5.74, 6) is -0.169. The van der Waals surface area contributed by atoms with Crippen molar-refractivity contribution in [3.05, 3.63) is 24.3 Å². The van der Waals surface area contributed by atoms with Gasteiger partial charge >= 0.3 is 0 Å². The van der Waals surface area contributed by atoms with Gasteiger partial charge in [-0.25, -0.2) is 0 Å². The quantitative estimate of drug-likeness (QED) is 0.0261. The van der Waals surface area contributed by atoms with Crippen molar-refractivity contribution in [1.29, 1.82) is 0 Å². The Bertz CT molecular complexity index is 1250. The third kappa shape index (κ3) is 45.4. The molecule has 76 heavy (non-hydrogen) atoms. The molecular formula is C67H129NO8. The van der Waals surface area contributed by atoms with E-state index in [0.717, 1.165) is 38.5 Å². The average Bonchev–Trinajstić information content (AvgIpc) is 3.42. The summed E-state index contributed by atoms with van der Waals surface area (Å²) in [5.41, 5.74) is 0. The zero-order valence-electron chi connectivity index (χ0n) is 50.3. The number of aliphatic hydroxyl groups is 5. The first kappa shape index (κ1) is 72.7. The summed E-state index contributed by atoms with van der Waals surface area (Å²) in [4.78, 5) is 13.1. The molecular weight excluding hydrogens is 947 g/mol. The second-order valence-electron chi connectivity index (χ2n) is 23.6. The van der Waals surface area contributed by atoms with Gasteiger partial charge in [0.2, 0.25) is 5.91 Å². The predicted octanol–water partition coefficient (Wildman–Crippen LogP) is 17.7. The molecule has 9 heteroatoms. The van der Waals surface area contributed by atoms with Crippen LogP contribution in [-0.4, -0.2) is 87.5 Å². The van der Waals surface area contributed by atoms with Crippen LogP contribution in [0.5, 0.6) is 0 Å². The molecule has 0 aromatic rings. The Balaban J connectivity index is 2.11. The third-order valence-electron chi connectivity index (χ3n) is 16.3. The summed E-state index contributed by atoms with van der Waals surface area (Å²) >= 11 is 0. The lowest BCUT2D eigenvalue weighted by molar-refractivity contribution is -0.302. The van der Waals surface area contributed by atoms with Crippen molar-refractivity contribution in [2.45, 2.75) is 384 Å². The number of hydrogen-bond donors (Lipinski definition) is 6. The summed E-state index contributed by atoms with van der Waals surface area (Å²) in [7, 11) is 0. The van der Waals surface area contributed by atoms with Crippen LogP contribution in [0.25, 0.3) is 0 Å². The van der Waals surface area contributed by atoms with Crippen LogP contribution in [0.1, 0.15) is 341 Å². The van der Waals surface area contributed by atoms with Crippen LogP contribution in [-0.2, 0) is 14.3 Å².